The second-order valence-electron chi connectivity index (χ2n) is 5.22. The molecule has 0 bridgehead atoms. The molecule has 0 radical (unpaired) electrons. The standard InChI is InChI=1S/C17H8Cl2F3NO2/c18-10-5-11-12(16(24)25)7-14(23-15(11)13(19)6-10)8-1-3-9(4-2-8)17(20,21)22/h1-7H,(H,24,25). The topological polar surface area (TPSA) is 50.2 Å². The Hall–Kier alpha value is -2.31. The highest BCUT2D eigenvalue weighted by molar-refractivity contribution is 6.38. The van der Waals surface area contributed by atoms with Gasteiger partial charge in [0.1, 0.15) is 0 Å². The molecule has 25 heavy (non-hydrogen) atoms. The molecule has 2 aromatic carbocycles. The van der Waals surface area contributed by atoms with Crippen molar-refractivity contribution in [3.05, 3.63) is 63.6 Å². The summed E-state index contributed by atoms with van der Waals surface area (Å²) in [5, 5.41) is 10.1. The summed E-state index contributed by atoms with van der Waals surface area (Å²) in [7, 11) is 0. The Morgan fingerprint density at radius 3 is 2.24 bits per heavy atom. The maximum absolute atomic E-state index is 12.7. The van der Waals surface area contributed by atoms with Crippen LogP contribution in [0.2, 0.25) is 10.0 Å². The second-order valence-corrected chi connectivity index (χ2v) is 6.06. The number of pyridine rings is 1. The molecule has 3 nitrogen and oxygen atoms in total. The Bertz CT molecular complexity index is 986. The number of rotatable bonds is 2. The molecule has 0 atom stereocenters. The zero-order valence-corrected chi connectivity index (χ0v) is 13.7. The number of nitrogens with zero attached hydrogens (tertiary/aromatic N) is 1. The lowest BCUT2D eigenvalue weighted by molar-refractivity contribution is -0.137. The van der Waals surface area contributed by atoms with Gasteiger partial charge in [-0.3, -0.25) is 0 Å². The second kappa shape index (κ2) is 6.20. The number of hydrogen-bond acceptors (Lipinski definition) is 2. The molecule has 0 aliphatic heterocycles. The van der Waals surface area contributed by atoms with Gasteiger partial charge in [0.05, 0.1) is 27.4 Å². The van der Waals surface area contributed by atoms with Crippen LogP contribution in [0.3, 0.4) is 0 Å². The van der Waals surface area contributed by atoms with E-state index in [-0.39, 0.29) is 32.2 Å². The quantitative estimate of drug-likeness (QED) is 0.594. The molecular weight excluding hydrogens is 378 g/mol. The number of carboxylic acids is 1. The summed E-state index contributed by atoms with van der Waals surface area (Å²) >= 11 is 12.0. The van der Waals surface area contributed by atoms with Gasteiger partial charge in [-0.1, -0.05) is 35.3 Å². The van der Waals surface area contributed by atoms with Crippen molar-refractivity contribution < 1.29 is 23.1 Å². The Balaban J connectivity index is 2.22. The molecule has 0 spiro atoms. The Morgan fingerprint density at radius 1 is 1.04 bits per heavy atom. The molecule has 1 aromatic heterocycles. The maximum atomic E-state index is 12.7. The zero-order chi connectivity index (χ0) is 18.4. The van der Waals surface area contributed by atoms with E-state index in [1.165, 1.54) is 30.3 Å². The summed E-state index contributed by atoms with van der Waals surface area (Å²) in [4.78, 5) is 15.8. The largest absolute Gasteiger partial charge is 0.478 e. The Morgan fingerprint density at radius 2 is 1.68 bits per heavy atom. The van der Waals surface area contributed by atoms with Crippen molar-refractivity contribution in [3.8, 4) is 11.3 Å². The summed E-state index contributed by atoms with van der Waals surface area (Å²) < 4.78 is 38.0. The number of benzene rings is 2. The molecule has 0 aliphatic rings. The molecule has 0 saturated heterocycles. The van der Waals surface area contributed by atoms with E-state index in [0.717, 1.165) is 12.1 Å². The van der Waals surface area contributed by atoms with Crippen LogP contribution in [0, 0.1) is 0 Å². The average Bonchev–Trinajstić information content (AvgIpc) is 2.53. The van der Waals surface area contributed by atoms with Gasteiger partial charge in [0.15, 0.2) is 0 Å². The van der Waals surface area contributed by atoms with Gasteiger partial charge in [0.2, 0.25) is 0 Å². The molecule has 0 amide bonds. The number of fused-ring (bicyclic) bond motifs is 1. The molecule has 1 heterocycles. The van der Waals surface area contributed by atoms with E-state index in [1.807, 2.05) is 0 Å². The van der Waals surface area contributed by atoms with Gasteiger partial charge in [-0.05, 0) is 30.3 Å². The minimum absolute atomic E-state index is 0.0932. The maximum Gasteiger partial charge on any atom is 0.416 e. The van der Waals surface area contributed by atoms with Crippen molar-refractivity contribution in [2.45, 2.75) is 6.18 Å². The Kier molecular flexibility index (Phi) is 4.34. The highest BCUT2D eigenvalue weighted by Gasteiger charge is 2.30. The third-order valence-electron chi connectivity index (χ3n) is 3.57. The van der Waals surface area contributed by atoms with Crippen molar-refractivity contribution >= 4 is 40.1 Å². The lowest BCUT2D eigenvalue weighted by Crippen LogP contribution is -2.04. The lowest BCUT2D eigenvalue weighted by Gasteiger charge is -2.10. The van der Waals surface area contributed by atoms with E-state index >= 15 is 0 Å². The van der Waals surface area contributed by atoms with Crippen molar-refractivity contribution in [3.63, 3.8) is 0 Å². The van der Waals surface area contributed by atoms with Crippen LogP contribution in [0.15, 0.2) is 42.5 Å². The highest BCUT2D eigenvalue weighted by atomic mass is 35.5. The minimum atomic E-state index is -4.46. The van der Waals surface area contributed by atoms with Crippen LogP contribution in [0.1, 0.15) is 15.9 Å². The van der Waals surface area contributed by atoms with Crippen LogP contribution in [-0.4, -0.2) is 16.1 Å². The fraction of sp³-hybridized carbons (Fsp3) is 0.0588. The van der Waals surface area contributed by atoms with Crippen molar-refractivity contribution in [1.82, 2.24) is 4.98 Å². The van der Waals surface area contributed by atoms with Crippen LogP contribution in [0.5, 0.6) is 0 Å². The first-order valence-electron chi connectivity index (χ1n) is 6.87. The predicted octanol–water partition coefficient (Wildman–Crippen LogP) is 5.93. The lowest BCUT2D eigenvalue weighted by atomic mass is 10.0. The molecule has 0 aliphatic carbocycles. The van der Waals surface area contributed by atoms with E-state index in [4.69, 9.17) is 23.2 Å². The summed E-state index contributed by atoms with van der Waals surface area (Å²) in [5.74, 6) is -1.22. The zero-order valence-electron chi connectivity index (χ0n) is 12.2. The number of aromatic carboxylic acids is 1. The average molecular weight is 386 g/mol. The molecule has 0 saturated carbocycles. The van der Waals surface area contributed by atoms with E-state index < -0.39 is 17.7 Å². The van der Waals surface area contributed by atoms with E-state index in [2.05, 4.69) is 4.98 Å². The van der Waals surface area contributed by atoms with Crippen molar-refractivity contribution in [2.75, 3.05) is 0 Å². The molecule has 3 rings (SSSR count). The number of carboxylic acid groups (broad SMARTS) is 1. The molecule has 0 unspecified atom stereocenters. The van der Waals surface area contributed by atoms with E-state index in [0.29, 0.717) is 5.56 Å². The third-order valence-corrected chi connectivity index (χ3v) is 4.08. The van der Waals surface area contributed by atoms with Gasteiger partial charge < -0.3 is 5.11 Å². The van der Waals surface area contributed by atoms with E-state index in [9.17, 15) is 23.1 Å². The number of aromatic nitrogens is 1. The van der Waals surface area contributed by atoms with E-state index in [1.54, 1.807) is 0 Å². The fourth-order valence-corrected chi connectivity index (χ4v) is 2.94. The monoisotopic (exact) mass is 385 g/mol. The van der Waals surface area contributed by atoms with Gasteiger partial charge in [0.25, 0.3) is 0 Å². The van der Waals surface area contributed by atoms with Crippen LogP contribution >= 0.6 is 23.2 Å². The van der Waals surface area contributed by atoms with Crippen LogP contribution < -0.4 is 0 Å². The van der Waals surface area contributed by atoms with Gasteiger partial charge in [-0.25, -0.2) is 9.78 Å². The number of hydrogen-bond donors (Lipinski definition) is 1. The van der Waals surface area contributed by atoms with Crippen LogP contribution in [0.25, 0.3) is 22.2 Å². The highest BCUT2D eigenvalue weighted by Crippen LogP contribution is 2.34. The Labute approximate surface area is 149 Å². The van der Waals surface area contributed by atoms with Gasteiger partial charge in [0, 0.05) is 16.0 Å². The van der Waals surface area contributed by atoms with Crippen molar-refractivity contribution in [2.24, 2.45) is 0 Å². The SMILES string of the molecule is O=C(O)c1cc(-c2ccc(C(F)(F)F)cc2)nc2c(Cl)cc(Cl)cc12. The van der Waals surface area contributed by atoms with Gasteiger partial charge in [-0.2, -0.15) is 13.2 Å². The summed E-state index contributed by atoms with van der Waals surface area (Å²) in [6.45, 7) is 0. The third kappa shape index (κ3) is 3.41. The first-order valence-corrected chi connectivity index (χ1v) is 7.63. The smallest absolute Gasteiger partial charge is 0.416 e. The number of carbonyl (C=O) groups is 1. The molecule has 1 N–H and O–H groups in total. The molecule has 128 valence electrons. The van der Waals surface area contributed by atoms with Gasteiger partial charge in [-0.15, -0.1) is 0 Å². The fourth-order valence-electron chi connectivity index (χ4n) is 2.41. The molecule has 8 heteroatoms. The van der Waals surface area contributed by atoms with Crippen LogP contribution in [0.4, 0.5) is 13.2 Å². The number of halogens is 5. The predicted molar refractivity (Wildman–Crippen MR) is 89.2 cm³/mol. The van der Waals surface area contributed by atoms with Gasteiger partial charge >= 0.3 is 12.1 Å². The summed E-state index contributed by atoms with van der Waals surface area (Å²) in [5.41, 5.74) is -0.156. The van der Waals surface area contributed by atoms with Crippen molar-refractivity contribution in [1.29, 1.82) is 0 Å². The first kappa shape index (κ1) is 17.5. The minimum Gasteiger partial charge on any atom is -0.478 e. The molecule has 0 fully saturated rings. The van der Waals surface area contributed by atoms with Crippen LogP contribution in [-0.2, 0) is 6.18 Å². The summed E-state index contributed by atoms with van der Waals surface area (Å²) in [6.07, 6.45) is -4.46. The first-order chi connectivity index (χ1) is 11.7. The number of alkyl halides is 3. The summed E-state index contributed by atoms with van der Waals surface area (Å²) in [6, 6.07) is 8.39. The normalized spacial score (nSPS) is 11.7. The molecule has 3 aromatic rings. The molecular formula is C17H8Cl2F3NO2.